The third-order valence-corrected chi connectivity index (χ3v) is 5.63. The number of aliphatic hydroxyl groups is 1. The molecule has 3 aromatic rings. The van der Waals surface area contributed by atoms with Crippen LogP contribution in [0, 0.1) is 5.82 Å². The maximum absolute atomic E-state index is 14.2. The van der Waals surface area contributed by atoms with Gasteiger partial charge in [-0.2, -0.15) is 0 Å². The molecule has 0 bridgehead atoms. The molecule has 7 nitrogen and oxygen atoms in total. The van der Waals surface area contributed by atoms with E-state index in [4.69, 9.17) is 9.47 Å². The third-order valence-electron chi connectivity index (χ3n) is 5.63. The Kier molecular flexibility index (Phi) is 6.64. The van der Waals surface area contributed by atoms with Gasteiger partial charge in [-0.25, -0.2) is 9.18 Å². The second kappa shape index (κ2) is 9.80. The lowest BCUT2D eigenvalue weighted by atomic mass is 9.95. The van der Waals surface area contributed by atoms with Crippen LogP contribution in [0.3, 0.4) is 0 Å². The molecule has 8 heteroatoms. The number of anilines is 1. The molecule has 0 aromatic heterocycles. The van der Waals surface area contributed by atoms with Crippen molar-refractivity contribution in [2.24, 2.45) is 0 Å². The number of Topliss-reactive ketones (excluding diaryl/α,β-unsaturated/α-hetero) is 1. The number of hydrogen-bond acceptors (Lipinski definition) is 6. The van der Waals surface area contributed by atoms with Crippen LogP contribution < -0.4 is 9.64 Å². The summed E-state index contributed by atoms with van der Waals surface area (Å²) in [5.74, 6) is -2.74. The Labute approximate surface area is 201 Å². The van der Waals surface area contributed by atoms with Crippen molar-refractivity contribution >= 4 is 29.1 Å². The molecule has 1 N–H and O–H groups in total. The highest BCUT2D eigenvalue weighted by Crippen LogP contribution is 2.42. The molecule has 0 radical (unpaired) electrons. The van der Waals surface area contributed by atoms with E-state index in [-0.39, 0.29) is 17.7 Å². The normalized spacial score (nSPS) is 16.9. The molecule has 1 fully saturated rings. The quantitative estimate of drug-likeness (QED) is 0.242. The first-order chi connectivity index (χ1) is 16.8. The van der Waals surface area contributed by atoms with Crippen LogP contribution in [0.4, 0.5) is 10.1 Å². The maximum atomic E-state index is 14.2. The van der Waals surface area contributed by atoms with Gasteiger partial charge >= 0.3 is 5.97 Å². The third kappa shape index (κ3) is 4.50. The zero-order valence-electron chi connectivity index (χ0n) is 19.0. The first kappa shape index (κ1) is 23.7. The lowest BCUT2D eigenvalue weighted by molar-refractivity contribution is -0.132. The van der Waals surface area contributed by atoms with Crippen molar-refractivity contribution in [2.45, 2.75) is 13.0 Å². The Morgan fingerprint density at radius 3 is 2.26 bits per heavy atom. The Hall–Kier alpha value is -4.46. The number of ketones is 1. The molecule has 4 rings (SSSR count). The van der Waals surface area contributed by atoms with E-state index in [0.29, 0.717) is 22.6 Å². The Morgan fingerprint density at radius 1 is 1.00 bits per heavy atom. The van der Waals surface area contributed by atoms with Gasteiger partial charge in [-0.1, -0.05) is 12.1 Å². The summed E-state index contributed by atoms with van der Waals surface area (Å²) in [4.78, 5) is 39.5. The number of hydrogen-bond donors (Lipinski definition) is 1. The van der Waals surface area contributed by atoms with Crippen LogP contribution in [0.2, 0.25) is 0 Å². The number of methoxy groups -OCH3 is 1. The van der Waals surface area contributed by atoms with Crippen molar-refractivity contribution in [1.29, 1.82) is 0 Å². The van der Waals surface area contributed by atoms with E-state index in [1.165, 1.54) is 54.5 Å². The molecule has 0 spiro atoms. The predicted molar refractivity (Wildman–Crippen MR) is 127 cm³/mol. The van der Waals surface area contributed by atoms with Crippen LogP contribution in [0.1, 0.15) is 34.5 Å². The fourth-order valence-corrected chi connectivity index (χ4v) is 3.97. The van der Waals surface area contributed by atoms with E-state index in [2.05, 4.69) is 0 Å². The van der Waals surface area contributed by atoms with Crippen LogP contribution in [0.25, 0.3) is 5.76 Å². The summed E-state index contributed by atoms with van der Waals surface area (Å²) in [5, 5.41) is 11.1. The molecule has 35 heavy (non-hydrogen) atoms. The van der Waals surface area contributed by atoms with Crippen LogP contribution in [0.15, 0.2) is 78.4 Å². The molecule has 3 aromatic carbocycles. The van der Waals surface area contributed by atoms with Crippen molar-refractivity contribution in [3.8, 4) is 5.75 Å². The van der Waals surface area contributed by atoms with Crippen LogP contribution >= 0.6 is 0 Å². The van der Waals surface area contributed by atoms with Gasteiger partial charge in [0.25, 0.3) is 11.7 Å². The fraction of sp³-hybridized carbons (Fsp3) is 0.148. The van der Waals surface area contributed by atoms with Gasteiger partial charge < -0.3 is 14.6 Å². The van der Waals surface area contributed by atoms with Gasteiger partial charge in [-0.3, -0.25) is 14.5 Å². The second-order valence-corrected chi connectivity index (χ2v) is 7.72. The van der Waals surface area contributed by atoms with Crippen LogP contribution in [-0.2, 0) is 14.3 Å². The smallest absolute Gasteiger partial charge is 0.338 e. The van der Waals surface area contributed by atoms with Crippen molar-refractivity contribution < 1.29 is 33.4 Å². The van der Waals surface area contributed by atoms with E-state index in [1.807, 2.05) is 0 Å². The van der Waals surface area contributed by atoms with Crippen LogP contribution in [-0.4, -0.2) is 36.5 Å². The molecule has 1 amide bonds. The molecule has 0 saturated carbocycles. The molecular weight excluding hydrogens is 453 g/mol. The summed E-state index contributed by atoms with van der Waals surface area (Å²) in [7, 11) is 1.50. The molecule has 1 atom stereocenters. The molecule has 1 saturated heterocycles. The van der Waals surface area contributed by atoms with Gasteiger partial charge in [-0.05, 0) is 73.2 Å². The summed E-state index contributed by atoms with van der Waals surface area (Å²) in [6.07, 6.45) is 0. The Morgan fingerprint density at radius 2 is 1.66 bits per heavy atom. The van der Waals surface area contributed by atoms with E-state index in [9.17, 15) is 23.9 Å². The Balaban J connectivity index is 1.85. The predicted octanol–water partition coefficient (Wildman–Crippen LogP) is 4.64. The number of nitrogens with zero attached hydrogens (tertiary/aromatic N) is 1. The van der Waals surface area contributed by atoms with Gasteiger partial charge in [0.1, 0.15) is 17.3 Å². The second-order valence-electron chi connectivity index (χ2n) is 7.72. The highest BCUT2D eigenvalue weighted by molar-refractivity contribution is 6.51. The molecule has 1 heterocycles. The summed E-state index contributed by atoms with van der Waals surface area (Å²) < 4.78 is 24.3. The van der Waals surface area contributed by atoms with E-state index < -0.39 is 35.3 Å². The lowest BCUT2D eigenvalue weighted by Gasteiger charge is -2.25. The number of benzene rings is 3. The average molecular weight is 475 g/mol. The topological polar surface area (TPSA) is 93.1 Å². The van der Waals surface area contributed by atoms with Crippen molar-refractivity contribution in [2.75, 3.05) is 18.6 Å². The monoisotopic (exact) mass is 475 g/mol. The summed E-state index contributed by atoms with van der Waals surface area (Å²) in [5.41, 5.74) is 0.979. The van der Waals surface area contributed by atoms with Crippen molar-refractivity contribution in [1.82, 2.24) is 0 Å². The number of aliphatic hydroxyl groups excluding tert-OH is 1. The lowest BCUT2D eigenvalue weighted by Crippen LogP contribution is -2.29. The standard InChI is InChI=1S/C27H22FNO6/c1-3-35-27(33)17-7-11-20(12-8-17)29-23(18-5-4-6-19(28)15-18)22(25(31)26(29)32)24(30)16-9-13-21(34-2)14-10-16/h4-15,23,30H,3H2,1-2H3. The van der Waals surface area contributed by atoms with Crippen molar-refractivity contribution in [3.05, 3.63) is 101 Å². The van der Waals surface area contributed by atoms with Gasteiger partial charge in [0.2, 0.25) is 0 Å². The Bertz CT molecular complexity index is 1310. The zero-order valence-corrected chi connectivity index (χ0v) is 19.0. The number of carbonyl (C=O) groups is 3. The number of rotatable bonds is 6. The maximum Gasteiger partial charge on any atom is 0.338 e. The molecule has 1 aliphatic rings. The number of ether oxygens (including phenoxy) is 2. The van der Waals surface area contributed by atoms with E-state index in [1.54, 1.807) is 37.3 Å². The summed E-state index contributed by atoms with van der Waals surface area (Å²) >= 11 is 0. The van der Waals surface area contributed by atoms with Gasteiger partial charge in [0.05, 0.1) is 30.9 Å². The fourth-order valence-electron chi connectivity index (χ4n) is 3.97. The molecule has 1 aliphatic heterocycles. The van der Waals surface area contributed by atoms with E-state index in [0.717, 1.165) is 0 Å². The first-order valence-corrected chi connectivity index (χ1v) is 10.8. The average Bonchev–Trinajstić information content (AvgIpc) is 3.14. The van der Waals surface area contributed by atoms with Gasteiger partial charge in [0.15, 0.2) is 0 Å². The molecular formula is C27H22FNO6. The summed E-state index contributed by atoms with van der Waals surface area (Å²) in [6, 6.07) is 16.6. The minimum atomic E-state index is -1.10. The van der Waals surface area contributed by atoms with Crippen molar-refractivity contribution in [3.63, 3.8) is 0 Å². The largest absolute Gasteiger partial charge is 0.507 e. The van der Waals surface area contributed by atoms with Gasteiger partial charge in [-0.15, -0.1) is 0 Å². The molecule has 1 unspecified atom stereocenters. The minimum Gasteiger partial charge on any atom is -0.507 e. The number of esters is 1. The highest BCUT2D eigenvalue weighted by Gasteiger charge is 2.47. The number of halogens is 1. The molecule has 178 valence electrons. The summed E-state index contributed by atoms with van der Waals surface area (Å²) in [6.45, 7) is 1.90. The molecule has 0 aliphatic carbocycles. The minimum absolute atomic E-state index is 0.180. The first-order valence-electron chi connectivity index (χ1n) is 10.8. The van der Waals surface area contributed by atoms with Crippen LogP contribution in [0.5, 0.6) is 5.75 Å². The number of amides is 1. The zero-order chi connectivity index (χ0) is 25.1. The van der Waals surface area contributed by atoms with Gasteiger partial charge in [0, 0.05) is 11.3 Å². The van der Waals surface area contributed by atoms with E-state index >= 15 is 0 Å². The highest BCUT2D eigenvalue weighted by atomic mass is 19.1. The SMILES string of the molecule is CCOC(=O)c1ccc(N2C(=O)C(=O)C(=C(O)c3ccc(OC)cc3)C2c2cccc(F)c2)cc1. The number of carbonyl (C=O) groups excluding carboxylic acids is 3.